The Morgan fingerprint density at radius 3 is 2.89 bits per heavy atom. The van der Waals surface area contributed by atoms with E-state index in [0.29, 0.717) is 23.2 Å². The molecule has 1 aromatic heterocycles. The van der Waals surface area contributed by atoms with Gasteiger partial charge in [-0.3, -0.25) is 4.79 Å². The van der Waals surface area contributed by atoms with E-state index in [2.05, 4.69) is 26.2 Å². The number of nitrogens with one attached hydrogen (secondary N) is 2. The van der Waals surface area contributed by atoms with Gasteiger partial charge in [-0.2, -0.15) is 0 Å². The molecule has 1 aliphatic carbocycles. The van der Waals surface area contributed by atoms with Gasteiger partial charge < -0.3 is 20.1 Å². The molecule has 0 radical (unpaired) electrons. The topological polar surface area (TPSA) is 103 Å². The Labute approximate surface area is 160 Å². The number of carbonyl (C=O) groups is 1. The number of aromatic nitrogens is 4. The number of hydrogen-bond donors (Lipinski definition) is 2. The van der Waals surface area contributed by atoms with Gasteiger partial charge in [0.2, 0.25) is 12.7 Å². The van der Waals surface area contributed by atoms with Crippen LogP contribution in [-0.2, 0) is 4.79 Å². The summed E-state index contributed by atoms with van der Waals surface area (Å²) in [5.74, 6) is 1.90. The van der Waals surface area contributed by atoms with Crippen molar-refractivity contribution in [3.63, 3.8) is 0 Å². The third kappa shape index (κ3) is 3.34. The van der Waals surface area contributed by atoms with Gasteiger partial charge in [-0.1, -0.05) is 12.1 Å². The third-order valence-corrected chi connectivity index (χ3v) is 4.62. The normalized spacial score (nSPS) is 14.7. The van der Waals surface area contributed by atoms with Crippen LogP contribution in [0.5, 0.6) is 11.5 Å². The molecule has 3 aromatic rings. The van der Waals surface area contributed by atoms with Crippen molar-refractivity contribution in [2.24, 2.45) is 0 Å². The van der Waals surface area contributed by atoms with E-state index in [-0.39, 0.29) is 19.2 Å². The fourth-order valence-corrected chi connectivity index (χ4v) is 3.08. The number of amides is 1. The third-order valence-electron chi connectivity index (χ3n) is 4.62. The molecule has 9 nitrogen and oxygen atoms in total. The van der Waals surface area contributed by atoms with E-state index in [1.165, 1.54) is 0 Å². The second-order valence-electron chi connectivity index (χ2n) is 6.73. The summed E-state index contributed by atoms with van der Waals surface area (Å²) in [7, 11) is 0. The zero-order valence-electron chi connectivity index (χ0n) is 15.0. The molecule has 2 N–H and O–H groups in total. The van der Waals surface area contributed by atoms with Gasteiger partial charge in [-0.15, -0.1) is 5.10 Å². The van der Waals surface area contributed by atoms with E-state index < -0.39 is 0 Å². The van der Waals surface area contributed by atoms with Crippen LogP contribution in [0, 0.1) is 0 Å². The first-order chi connectivity index (χ1) is 13.8. The van der Waals surface area contributed by atoms with Crippen molar-refractivity contribution in [2.75, 3.05) is 24.0 Å². The molecule has 142 valence electrons. The average Bonchev–Trinajstić information content (AvgIpc) is 3.25. The first-order valence-electron chi connectivity index (χ1n) is 9.08. The van der Waals surface area contributed by atoms with Crippen LogP contribution in [0.4, 0.5) is 11.4 Å². The fraction of sp³-hybridized carbons (Fsp3) is 0.263. The number of fused-ring (bicyclic) bond motifs is 1. The lowest BCUT2D eigenvalue weighted by atomic mass is 10.2. The molecule has 2 aromatic carbocycles. The molecular weight excluding hydrogens is 360 g/mol. The second kappa shape index (κ2) is 6.84. The highest BCUT2D eigenvalue weighted by molar-refractivity contribution is 5.94. The van der Waals surface area contributed by atoms with Crippen LogP contribution in [0.15, 0.2) is 42.5 Å². The molecule has 1 amide bonds. The van der Waals surface area contributed by atoms with Crippen molar-refractivity contribution < 1.29 is 14.3 Å². The highest BCUT2D eigenvalue weighted by atomic mass is 16.7. The molecule has 9 heteroatoms. The maximum Gasteiger partial charge on any atom is 0.243 e. The standard InChI is InChI=1S/C19H18N6O3/c26-18(21-14-4-7-16-17(9-14)28-11-27-16)10-20-13-3-1-2-12(8-13)19-22-23-24-25(19)15-5-6-15/h1-4,7-9,15,20H,5-6,10-11H2,(H,21,26). The summed E-state index contributed by atoms with van der Waals surface area (Å²) in [4.78, 5) is 12.3. The van der Waals surface area contributed by atoms with Gasteiger partial charge in [0.1, 0.15) is 0 Å². The summed E-state index contributed by atoms with van der Waals surface area (Å²) in [6.07, 6.45) is 2.21. The van der Waals surface area contributed by atoms with Gasteiger partial charge in [-0.05, 0) is 47.5 Å². The lowest BCUT2D eigenvalue weighted by Crippen LogP contribution is -2.21. The van der Waals surface area contributed by atoms with Crippen LogP contribution in [0.2, 0.25) is 0 Å². The molecule has 2 aliphatic rings. The summed E-state index contributed by atoms with van der Waals surface area (Å²) in [6.45, 7) is 0.333. The van der Waals surface area contributed by atoms with E-state index in [4.69, 9.17) is 9.47 Å². The van der Waals surface area contributed by atoms with Gasteiger partial charge in [-0.25, -0.2) is 4.68 Å². The quantitative estimate of drug-likeness (QED) is 0.679. The SMILES string of the molecule is O=C(CNc1cccc(-c2nnnn2C2CC2)c1)Nc1ccc2c(c1)OCO2. The predicted molar refractivity (Wildman–Crippen MR) is 101 cm³/mol. The van der Waals surface area contributed by atoms with E-state index in [9.17, 15) is 4.79 Å². The maximum atomic E-state index is 12.3. The highest BCUT2D eigenvalue weighted by Crippen LogP contribution is 2.37. The number of carbonyl (C=O) groups excluding carboxylic acids is 1. The van der Waals surface area contributed by atoms with E-state index in [1.807, 2.05) is 28.9 Å². The Balaban J connectivity index is 1.23. The number of rotatable bonds is 6. The van der Waals surface area contributed by atoms with Crippen LogP contribution in [0.1, 0.15) is 18.9 Å². The number of benzene rings is 2. The van der Waals surface area contributed by atoms with Crippen LogP contribution < -0.4 is 20.1 Å². The molecular formula is C19H18N6O3. The molecule has 0 spiro atoms. The minimum atomic E-state index is -0.160. The zero-order valence-corrected chi connectivity index (χ0v) is 15.0. The number of nitrogens with zero attached hydrogens (tertiary/aromatic N) is 4. The summed E-state index contributed by atoms with van der Waals surface area (Å²) in [5, 5.41) is 18.0. The first kappa shape index (κ1) is 16.5. The fourth-order valence-electron chi connectivity index (χ4n) is 3.08. The number of ether oxygens (including phenoxy) is 2. The average molecular weight is 378 g/mol. The Hall–Kier alpha value is -3.62. The van der Waals surface area contributed by atoms with E-state index >= 15 is 0 Å². The maximum absolute atomic E-state index is 12.3. The van der Waals surface area contributed by atoms with Crippen molar-refractivity contribution in [1.82, 2.24) is 20.2 Å². The Morgan fingerprint density at radius 1 is 1.11 bits per heavy atom. The van der Waals surface area contributed by atoms with Gasteiger partial charge in [0.15, 0.2) is 17.3 Å². The van der Waals surface area contributed by atoms with Gasteiger partial charge >= 0.3 is 0 Å². The minimum Gasteiger partial charge on any atom is -0.454 e. The lowest BCUT2D eigenvalue weighted by Gasteiger charge is -2.10. The molecule has 0 saturated heterocycles. The molecule has 2 heterocycles. The van der Waals surface area contributed by atoms with Gasteiger partial charge in [0.05, 0.1) is 12.6 Å². The van der Waals surface area contributed by atoms with Crippen LogP contribution in [0.25, 0.3) is 11.4 Å². The highest BCUT2D eigenvalue weighted by Gasteiger charge is 2.28. The summed E-state index contributed by atoms with van der Waals surface area (Å²) >= 11 is 0. The van der Waals surface area contributed by atoms with Gasteiger partial charge in [0, 0.05) is 23.0 Å². The van der Waals surface area contributed by atoms with Crippen molar-refractivity contribution in [3.8, 4) is 22.9 Å². The number of anilines is 2. The first-order valence-corrected chi connectivity index (χ1v) is 9.08. The second-order valence-corrected chi connectivity index (χ2v) is 6.73. The predicted octanol–water partition coefficient (Wildman–Crippen LogP) is 2.45. The van der Waals surface area contributed by atoms with Crippen LogP contribution in [-0.4, -0.2) is 39.5 Å². The molecule has 5 rings (SSSR count). The summed E-state index contributed by atoms with van der Waals surface area (Å²) < 4.78 is 12.5. The Kier molecular flexibility index (Phi) is 4.04. The number of tetrazole rings is 1. The van der Waals surface area contributed by atoms with Crippen LogP contribution >= 0.6 is 0 Å². The van der Waals surface area contributed by atoms with Crippen molar-refractivity contribution >= 4 is 17.3 Å². The van der Waals surface area contributed by atoms with Crippen molar-refractivity contribution in [2.45, 2.75) is 18.9 Å². The van der Waals surface area contributed by atoms with E-state index in [1.54, 1.807) is 18.2 Å². The van der Waals surface area contributed by atoms with Crippen LogP contribution in [0.3, 0.4) is 0 Å². The molecule has 0 atom stereocenters. The molecule has 0 bridgehead atoms. The molecule has 1 fully saturated rings. The number of hydrogen-bond acceptors (Lipinski definition) is 7. The smallest absolute Gasteiger partial charge is 0.243 e. The van der Waals surface area contributed by atoms with Crippen molar-refractivity contribution in [3.05, 3.63) is 42.5 Å². The van der Waals surface area contributed by atoms with Gasteiger partial charge in [0.25, 0.3) is 0 Å². The Bertz CT molecular complexity index is 1030. The summed E-state index contributed by atoms with van der Waals surface area (Å²) in [6, 6.07) is 13.4. The zero-order chi connectivity index (χ0) is 18.9. The van der Waals surface area contributed by atoms with Crippen molar-refractivity contribution in [1.29, 1.82) is 0 Å². The lowest BCUT2D eigenvalue weighted by molar-refractivity contribution is -0.114. The minimum absolute atomic E-state index is 0.130. The monoisotopic (exact) mass is 378 g/mol. The molecule has 0 unspecified atom stereocenters. The van der Waals surface area contributed by atoms with E-state index in [0.717, 1.165) is 29.9 Å². The largest absolute Gasteiger partial charge is 0.454 e. The Morgan fingerprint density at radius 2 is 2.00 bits per heavy atom. The summed E-state index contributed by atoms with van der Waals surface area (Å²) in [5.41, 5.74) is 2.40. The molecule has 1 saturated carbocycles. The molecule has 1 aliphatic heterocycles. The molecule has 28 heavy (non-hydrogen) atoms.